The Morgan fingerprint density at radius 2 is 1.89 bits per heavy atom. The Morgan fingerprint density at radius 1 is 1.33 bits per heavy atom. The number of hydrogen-bond donors (Lipinski definition) is 1. The molecule has 1 nitrogen and oxygen atoms in total. The van der Waals surface area contributed by atoms with E-state index >= 15 is 0 Å². The largest absolute Gasteiger partial charge is 0.396 e. The van der Waals surface area contributed by atoms with Crippen molar-refractivity contribution in [1.82, 2.24) is 0 Å². The van der Waals surface area contributed by atoms with Crippen molar-refractivity contribution in [2.45, 2.75) is 24.1 Å². The molecule has 0 unspecified atom stereocenters. The van der Waals surface area contributed by atoms with Crippen molar-refractivity contribution in [3.8, 4) is 0 Å². The molecule has 0 atom stereocenters. The van der Waals surface area contributed by atoms with Gasteiger partial charge in [0.15, 0.2) is 0 Å². The van der Waals surface area contributed by atoms with Crippen LogP contribution < -0.4 is 0 Å². The van der Waals surface area contributed by atoms with E-state index in [1.54, 1.807) is 0 Å². The fourth-order valence-corrected chi connectivity index (χ4v) is 0.718. The van der Waals surface area contributed by atoms with Crippen LogP contribution in [0.5, 0.6) is 0 Å². The third-order valence-corrected chi connectivity index (χ3v) is 1.26. The summed E-state index contributed by atoms with van der Waals surface area (Å²) in [7, 11) is 0. The second-order valence-electron chi connectivity index (χ2n) is 1.80. The maximum absolute atomic E-state index is 11.9. The van der Waals surface area contributed by atoms with Crippen LogP contribution in [0.25, 0.3) is 0 Å². The Morgan fingerprint density at radius 3 is 2.22 bits per heavy atom. The van der Waals surface area contributed by atoms with Crippen LogP contribution in [0.3, 0.4) is 0 Å². The van der Waals surface area contributed by atoms with Crippen molar-refractivity contribution < 1.29 is 13.9 Å². The zero-order valence-electron chi connectivity index (χ0n) is 4.91. The summed E-state index contributed by atoms with van der Waals surface area (Å²) in [6.45, 7) is -0.0108. The van der Waals surface area contributed by atoms with Crippen LogP contribution in [0.4, 0.5) is 8.78 Å². The summed E-state index contributed by atoms with van der Waals surface area (Å²) in [4.78, 5) is -2.75. The Hall–Kier alpha value is 0.300. The highest BCUT2D eigenvalue weighted by atomic mass is 79.9. The van der Waals surface area contributed by atoms with E-state index in [1.807, 2.05) is 0 Å². The molecule has 0 saturated heterocycles. The molecule has 0 radical (unpaired) electrons. The van der Waals surface area contributed by atoms with Gasteiger partial charge in [0.1, 0.15) is 0 Å². The number of hydrogen-bond acceptors (Lipinski definition) is 1. The van der Waals surface area contributed by atoms with Gasteiger partial charge < -0.3 is 5.11 Å². The maximum Gasteiger partial charge on any atom is 0.301 e. The Balaban J connectivity index is 3.07. The van der Waals surface area contributed by atoms with Gasteiger partial charge >= 0.3 is 4.83 Å². The van der Waals surface area contributed by atoms with Crippen molar-refractivity contribution in [3.05, 3.63) is 0 Å². The first-order chi connectivity index (χ1) is 4.06. The highest BCUT2D eigenvalue weighted by Crippen LogP contribution is 2.27. The monoisotopic (exact) mass is 202 g/mol. The van der Waals surface area contributed by atoms with Gasteiger partial charge in [0.2, 0.25) is 0 Å². The number of aliphatic hydroxyl groups is 1. The molecule has 0 amide bonds. The van der Waals surface area contributed by atoms with Crippen LogP contribution in [-0.2, 0) is 0 Å². The molecule has 0 bridgehead atoms. The van der Waals surface area contributed by atoms with Crippen molar-refractivity contribution in [3.63, 3.8) is 0 Å². The lowest BCUT2D eigenvalue weighted by Gasteiger charge is -2.05. The number of aliphatic hydroxyl groups excluding tert-OH is 1. The molecule has 0 saturated carbocycles. The predicted molar refractivity (Wildman–Crippen MR) is 34.8 cm³/mol. The van der Waals surface area contributed by atoms with E-state index in [0.717, 1.165) is 0 Å². The van der Waals surface area contributed by atoms with Gasteiger partial charge in [-0.3, -0.25) is 0 Å². The quantitative estimate of drug-likeness (QED) is 0.548. The zero-order valence-corrected chi connectivity index (χ0v) is 6.50. The number of halogens is 3. The Kier molecular flexibility index (Phi) is 4.31. The number of unbranched alkanes of at least 4 members (excludes halogenated alkanes) is 1. The van der Waals surface area contributed by atoms with Crippen LogP contribution in [0.2, 0.25) is 0 Å². The number of alkyl halides is 3. The van der Waals surface area contributed by atoms with Crippen molar-refractivity contribution >= 4 is 15.9 Å². The fourth-order valence-electron chi connectivity index (χ4n) is 0.437. The van der Waals surface area contributed by atoms with Gasteiger partial charge in [-0.25, -0.2) is 0 Å². The van der Waals surface area contributed by atoms with Gasteiger partial charge in [0.25, 0.3) is 0 Å². The standard InChI is InChI=1S/C5H9BrF2O/c6-5(7,8)3-1-2-4-9/h9H,1-4H2. The molecule has 0 aromatic rings. The second-order valence-corrected chi connectivity index (χ2v) is 2.96. The van der Waals surface area contributed by atoms with Gasteiger partial charge in [-0.05, 0) is 28.8 Å². The van der Waals surface area contributed by atoms with Gasteiger partial charge in [-0.2, -0.15) is 8.78 Å². The van der Waals surface area contributed by atoms with Gasteiger partial charge in [0.05, 0.1) is 0 Å². The molecule has 0 heterocycles. The molecule has 0 aliphatic rings. The normalized spacial score (nSPS) is 12.0. The minimum absolute atomic E-state index is 0.0108. The average Bonchev–Trinajstić information content (AvgIpc) is 1.63. The molecule has 1 N–H and O–H groups in total. The van der Waals surface area contributed by atoms with E-state index in [4.69, 9.17) is 5.11 Å². The highest BCUT2D eigenvalue weighted by molar-refractivity contribution is 9.09. The highest BCUT2D eigenvalue weighted by Gasteiger charge is 2.22. The molecule has 4 heteroatoms. The fraction of sp³-hybridized carbons (Fsp3) is 1.00. The Bertz CT molecular complexity index is 71.8. The summed E-state index contributed by atoms with van der Waals surface area (Å²) in [6.07, 6.45) is 0.601. The molecule has 0 fully saturated rings. The number of rotatable bonds is 4. The SMILES string of the molecule is OCCCCC(F)(F)Br. The molecule has 0 aromatic heterocycles. The summed E-state index contributed by atoms with van der Waals surface area (Å²) in [5.41, 5.74) is 0. The molecular formula is C5H9BrF2O. The molecule has 0 aliphatic heterocycles. The Labute approximate surface area is 61.2 Å². The summed E-state index contributed by atoms with van der Waals surface area (Å²) in [6, 6.07) is 0. The third kappa shape index (κ3) is 8.30. The van der Waals surface area contributed by atoms with E-state index in [2.05, 4.69) is 15.9 Å². The smallest absolute Gasteiger partial charge is 0.301 e. The summed E-state index contributed by atoms with van der Waals surface area (Å²) in [5, 5.41) is 8.20. The molecule has 56 valence electrons. The lowest BCUT2D eigenvalue weighted by molar-refractivity contribution is 0.0988. The van der Waals surface area contributed by atoms with E-state index in [-0.39, 0.29) is 13.0 Å². The van der Waals surface area contributed by atoms with Gasteiger partial charge in [-0.15, -0.1) is 0 Å². The van der Waals surface area contributed by atoms with Crippen LogP contribution in [-0.4, -0.2) is 16.5 Å². The summed E-state index contributed by atoms with van der Waals surface area (Å²) in [5.74, 6) is 0. The van der Waals surface area contributed by atoms with Crippen LogP contribution in [0.1, 0.15) is 19.3 Å². The van der Waals surface area contributed by atoms with Gasteiger partial charge in [0, 0.05) is 13.0 Å². The first kappa shape index (κ1) is 9.30. The summed E-state index contributed by atoms with van der Waals surface area (Å²) < 4.78 is 23.8. The zero-order chi connectivity index (χ0) is 7.33. The van der Waals surface area contributed by atoms with Gasteiger partial charge in [-0.1, -0.05) is 0 Å². The van der Waals surface area contributed by atoms with Crippen LogP contribution in [0, 0.1) is 0 Å². The maximum atomic E-state index is 11.9. The van der Waals surface area contributed by atoms with E-state index in [9.17, 15) is 8.78 Å². The lowest BCUT2D eigenvalue weighted by atomic mass is 10.2. The molecule has 0 spiro atoms. The molecule has 0 aromatic carbocycles. The first-order valence-electron chi connectivity index (χ1n) is 2.74. The van der Waals surface area contributed by atoms with Crippen molar-refractivity contribution in [1.29, 1.82) is 0 Å². The first-order valence-corrected chi connectivity index (χ1v) is 3.53. The molecule has 9 heavy (non-hydrogen) atoms. The van der Waals surface area contributed by atoms with Crippen molar-refractivity contribution in [2.75, 3.05) is 6.61 Å². The van der Waals surface area contributed by atoms with Crippen molar-refractivity contribution in [2.24, 2.45) is 0 Å². The molecule has 0 aliphatic carbocycles. The molecular weight excluding hydrogens is 194 g/mol. The third-order valence-electron chi connectivity index (χ3n) is 0.868. The van der Waals surface area contributed by atoms with Crippen LogP contribution in [0.15, 0.2) is 0 Å². The average molecular weight is 203 g/mol. The second kappa shape index (κ2) is 4.17. The molecule has 0 rings (SSSR count). The lowest BCUT2D eigenvalue weighted by Crippen LogP contribution is -2.03. The summed E-state index contributed by atoms with van der Waals surface area (Å²) >= 11 is 2.19. The van der Waals surface area contributed by atoms with Crippen LogP contribution >= 0.6 is 15.9 Å². The topological polar surface area (TPSA) is 20.2 Å². The van der Waals surface area contributed by atoms with E-state index in [0.29, 0.717) is 12.8 Å². The minimum Gasteiger partial charge on any atom is -0.396 e. The van der Waals surface area contributed by atoms with E-state index in [1.165, 1.54) is 0 Å². The predicted octanol–water partition coefficient (Wildman–Crippen LogP) is 2.14. The van der Waals surface area contributed by atoms with E-state index < -0.39 is 4.83 Å². The minimum atomic E-state index is -2.75.